The van der Waals surface area contributed by atoms with Gasteiger partial charge in [0.25, 0.3) is 5.89 Å². The summed E-state index contributed by atoms with van der Waals surface area (Å²) in [5.41, 5.74) is 0.837. The lowest BCUT2D eigenvalue weighted by Gasteiger charge is -1.99. The van der Waals surface area contributed by atoms with Gasteiger partial charge in [-0.3, -0.25) is 0 Å². The number of rotatable bonds is 2. The van der Waals surface area contributed by atoms with Gasteiger partial charge in [0.2, 0.25) is 5.82 Å². The van der Waals surface area contributed by atoms with Crippen LogP contribution < -0.4 is 0 Å². The first-order valence-electron chi connectivity index (χ1n) is 5.82. The average Bonchev–Trinajstić information content (AvgIpc) is 2.91. The molecule has 0 fully saturated rings. The number of phenols is 1. The molecule has 0 unspecified atom stereocenters. The Bertz CT molecular complexity index is 822. The van der Waals surface area contributed by atoms with Gasteiger partial charge >= 0.3 is 0 Å². The van der Waals surface area contributed by atoms with E-state index in [1.165, 1.54) is 24.3 Å². The molecule has 1 aromatic heterocycles. The van der Waals surface area contributed by atoms with E-state index in [1.54, 1.807) is 12.1 Å². The summed E-state index contributed by atoms with van der Waals surface area (Å²) >= 11 is 9.26. The van der Waals surface area contributed by atoms with Crippen molar-refractivity contribution < 1.29 is 14.0 Å². The molecule has 0 amide bonds. The number of benzene rings is 2. The molecule has 0 bridgehead atoms. The first-order chi connectivity index (χ1) is 10.0. The fraction of sp³-hybridized carbons (Fsp3) is 0. The van der Waals surface area contributed by atoms with Crippen LogP contribution in [0.2, 0.25) is 5.02 Å². The highest BCUT2D eigenvalue weighted by Crippen LogP contribution is 2.33. The van der Waals surface area contributed by atoms with Crippen LogP contribution in [-0.4, -0.2) is 15.2 Å². The normalized spacial score (nSPS) is 10.8. The quantitative estimate of drug-likeness (QED) is 0.713. The topological polar surface area (TPSA) is 59.2 Å². The molecule has 21 heavy (non-hydrogen) atoms. The zero-order valence-corrected chi connectivity index (χ0v) is 12.7. The molecule has 7 heteroatoms. The van der Waals surface area contributed by atoms with Gasteiger partial charge in [0.05, 0.1) is 10.6 Å². The highest BCUT2D eigenvalue weighted by Gasteiger charge is 2.16. The SMILES string of the molecule is Oc1ccc(Br)cc1-c1nc(-c2ccc(F)cc2Cl)no1. The van der Waals surface area contributed by atoms with Gasteiger partial charge in [0.15, 0.2) is 0 Å². The van der Waals surface area contributed by atoms with Crippen molar-refractivity contribution in [1.29, 1.82) is 0 Å². The highest BCUT2D eigenvalue weighted by molar-refractivity contribution is 9.10. The fourth-order valence-electron chi connectivity index (χ4n) is 1.79. The number of hydrogen-bond donors (Lipinski definition) is 1. The van der Waals surface area contributed by atoms with Crippen LogP contribution in [0.25, 0.3) is 22.8 Å². The monoisotopic (exact) mass is 368 g/mol. The molecule has 0 aliphatic carbocycles. The molecule has 1 heterocycles. The zero-order valence-electron chi connectivity index (χ0n) is 10.3. The summed E-state index contributed by atoms with van der Waals surface area (Å²) in [7, 11) is 0. The van der Waals surface area contributed by atoms with Crippen molar-refractivity contribution in [2.75, 3.05) is 0 Å². The van der Waals surface area contributed by atoms with Crippen LogP contribution in [0, 0.1) is 5.82 Å². The Morgan fingerprint density at radius 1 is 1.14 bits per heavy atom. The Labute approximate surface area is 132 Å². The Kier molecular flexibility index (Phi) is 3.65. The van der Waals surface area contributed by atoms with Gasteiger partial charge in [0.1, 0.15) is 11.6 Å². The van der Waals surface area contributed by atoms with E-state index in [0.29, 0.717) is 11.1 Å². The first-order valence-corrected chi connectivity index (χ1v) is 7.00. The Morgan fingerprint density at radius 2 is 1.95 bits per heavy atom. The highest BCUT2D eigenvalue weighted by atomic mass is 79.9. The van der Waals surface area contributed by atoms with E-state index in [4.69, 9.17) is 16.1 Å². The Balaban J connectivity index is 2.06. The molecule has 106 valence electrons. The van der Waals surface area contributed by atoms with E-state index in [9.17, 15) is 9.50 Å². The van der Waals surface area contributed by atoms with Crippen molar-refractivity contribution in [3.63, 3.8) is 0 Å². The Hall–Kier alpha value is -1.92. The van der Waals surface area contributed by atoms with Crippen LogP contribution in [0.1, 0.15) is 0 Å². The van der Waals surface area contributed by atoms with Crippen molar-refractivity contribution in [2.45, 2.75) is 0 Å². The molecule has 4 nitrogen and oxygen atoms in total. The van der Waals surface area contributed by atoms with Gasteiger partial charge in [-0.1, -0.05) is 32.7 Å². The first kappa shape index (κ1) is 14.0. The molecule has 3 aromatic rings. The fourth-order valence-corrected chi connectivity index (χ4v) is 2.41. The van der Waals surface area contributed by atoms with E-state index in [0.717, 1.165) is 4.47 Å². The van der Waals surface area contributed by atoms with Crippen LogP contribution in [0.4, 0.5) is 4.39 Å². The lowest BCUT2D eigenvalue weighted by atomic mass is 10.2. The summed E-state index contributed by atoms with van der Waals surface area (Å²) in [4.78, 5) is 4.18. The number of aromatic hydroxyl groups is 1. The number of phenolic OH excluding ortho intramolecular Hbond substituents is 1. The summed E-state index contributed by atoms with van der Waals surface area (Å²) in [6.45, 7) is 0. The van der Waals surface area contributed by atoms with E-state index in [-0.39, 0.29) is 22.5 Å². The summed E-state index contributed by atoms with van der Waals surface area (Å²) in [6.07, 6.45) is 0. The minimum atomic E-state index is -0.447. The van der Waals surface area contributed by atoms with Crippen molar-refractivity contribution in [3.8, 4) is 28.6 Å². The second kappa shape index (κ2) is 5.46. The molecule has 0 radical (unpaired) electrons. The number of aromatic nitrogens is 2. The van der Waals surface area contributed by atoms with Crippen LogP contribution >= 0.6 is 27.5 Å². The van der Waals surface area contributed by atoms with Gasteiger partial charge in [-0.2, -0.15) is 4.98 Å². The minimum Gasteiger partial charge on any atom is -0.507 e. The molecule has 3 rings (SSSR count). The van der Waals surface area contributed by atoms with Crippen molar-refractivity contribution in [2.24, 2.45) is 0 Å². The van der Waals surface area contributed by atoms with Crippen LogP contribution in [0.15, 0.2) is 45.4 Å². The third kappa shape index (κ3) is 2.77. The molecular formula is C14H7BrClFN2O2. The van der Waals surface area contributed by atoms with Gasteiger partial charge in [-0.25, -0.2) is 4.39 Å². The maximum absolute atomic E-state index is 13.0. The van der Waals surface area contributed by atoms with Gasteiger partial charge in [-0.05, 0) is 36.4 Å². The standard InChI is InChI=1S/C14H7BrClFN2O2/c15-7-1-4-12(20)10(5-7)14-18-13(19-21-14)9-3-2-8(17)6-11(9)16/h1-6,20H. The molecule has 0 atom stereocenters. The summed E-state index contributed by atoms with van der Waals surface area (Å²) in [6, 6.07) is 8.74. The van der Waals surface area contributed by atoms with E-state index >= 15 is 0 Å². The smallest absolute Gasteiger partial charge is 0.262 e. The number of hydrogen-bond acceptors (Lipinski definition) is 4. The largest absolute Gasteiger partial charge is 0.507 e. The number of halogens is 3. The van der Waals surface area contributed by atoms with Crippen molar-refractivity contribution >= 4 is 27.5 Å². The summed E-state index contributed by atoms with van der Waals surface area (Å²) in [5.74, 6) is -0.0747. The average molecular weight is 370 g/mol. The third-order valence-corrected chi connectivity index (χ3v) is 3.59. The molecular weight excluding hydrogens is 363 g/mol. The third-order valence-electron chi connectivity index (χ3n) is 2.79. The van der Waals surface area contributed by atoms with Gasteiger partial charge in [-0.15, -0.1) is 0 Å². The van der Waals surface area contributed by atoms with Gasteiger partial charge in [0, 0.05) is 10.0 Å². The number of nitrogens with zero attached hydrogens (tertiary/aromatic N) is 2. The zero-order chi connectivity index (χ0) is 15.0. The molecule has 2 aromatic carbocycles. The predicted molar refractivity (Wildman–Crippen MR) is 79.5 cm³/mol. The minimum absolute atomic E-state index is 0.0126. The predicted octanol–water partition coefficient (Wildman–Crippen LogP) is 4.66. The maximum Gasteiger partial charge on any atom is 0.262 e. The van der Waals surface area contributed by atoms with Crippen molar-refractivity contribution in [3.05, 3.63) is 51.7 Å². The molecule has 0 saturated heterocycles. The van der Waals surface area contributed by atoms with E-state index < -0.39 is 5.82 Å². The van der Waals surface area contributed by atoms with E-state index in [1.807, 2.05) is 0 Å². The molecule has 0 aliphatic rings. The summed E-state index contributed by atoms with van der Waals surface area (Å²) in [5, 5.41) is 13.8. The molecule has 0 saturated carbocycles. The van der Waals surface area contributed by atoms with Crippen LogP contribution in [-0.2, 0) is 0 Å². The van der Waals surface area contributed by atoms with E-state index in [2.05, 4.69) is 26.1 Å². The second-order valence-electron chi connectivity index (χ2n) is 4.21. The van der Waals surface area contributed by atoms with Crippen LogP contribution in [0.3, 0.4) is 0 Å². The second-order valence-corrected chi connectivity index (χ2v) is 5.53. The Morgan fingerprint density at radius 3 is 2.71 bits per heavy atom. The molecule has 1 N–H and O–H groups in total. The van der Waals surface area contributed by atoms with Gasteiger partial charge < -0.3 is 9.63 Å². The summed E-state index contributed by atoms with van der Waals surface area (Å²) < 4.78 is 18.9. The molecule has 0 aliphatic heterocycles. The molecule has 0 spiro atoms. The maximum atomic E-state index is 13.0. The van der Waals surface area contributed by atoms with Crippen LogP contribution in [0.5, 0.6) is 5.75 Å². The lowest BCUT2D eigenvalue weighted by molar-refractivity contribution is 0.425. The van der Waals surface area contributed by atoms with Crippen molar-refractivity contribution in [1.82, 2.24) is 10.1 Å². The lowest BCUT2D eigenvalue weighted by Crippen LogP contribution is -1.85.